The smallest absolute Gasteiger partial charge is 0.257 e. The Morgan fingerprint density at radius 3 is 2.75 bits per heavy atom. The van der Waals surface area contributed by atoms with Crippen molar-refractivity contribution in [1.82, 2.24) is 15.0 Å². The van der Waals surface area contributed by atoms with E-state index in [9.17, 15) is 0 Å². The molecule has 0 aromatic carbocycles. The zero-order chi connectivity index (χ0) is 19.0. The summed E-state index contributed by atoms with van der Waals surface area (Å²) in [4.78, 5) is 18.2. The van der Waals surface area contributed by atoms with E-state index >= 15 is 0 Å². The van der Waals surface area contributed by atoms with Gasteiger partial charge in [-0.05, 0) is 43.0 Å². The normalized spacial score (nSPS) is 18.1. The van der Waals surface area contributed by atoms with E-state index in [2.05, 4.69) is 32.0 Å². The van der Waals surface area contributed by atoms with Crippen LogP contribution in [-0.2, 0) is 16.8 Å². The largest absolute Gasteiger partial charge is 0.478 e. The highest BCUT2D eigenvalue weighted by atomic mass is 32.1. The molecule has 0 radical (unpaired) electrons. The molecule has 1 fully saturated rings. The van der Waals surface area contributed by atoms with Gasteiger partial charge in [0, 0.05) is 36.6 Å². The van der Waals surface area contributed by atoms with E-state index in [4.69, 9.17) is 9.47 Å². The Morgan fingerprint density at radius 1 is 1.11 bits per heavy atom. The van der Waals surface area contributed by atoms with Crippen molar-refractivity contribution < 1.29 is 9.47 Å². The molecule has 0 aliphatic carbocycles. The second-order valence-electron chi connectivity index (χ2n) is 7.15. The minimum absolute atomic E-state index is 0.197. The summed E-state index contributed by atoms with van der Waals surface area (Å²) < 4.78 is 11.8. The van der Waals surface area contributed by atoms with Crippen molar-refractivity contribution in [2.45, 2.75) is 24.9 Å². The Morgan fingerprint density at radius 2 is 1.96 bits per heavy atom. The number of fused-ring (bicyclic) bond motifs is 2. The maximum Gasteiger partial charge on any atom is 0.257 e. The minimum atomic E-state index is -0.197. The lowest BCUT2D eigenvalue weighted by Crippen LogP contribution is -2.46. The quantitative estimate of drug-likeness (QED) is 0.675. The number of ether oxygens (including phenoxy) is 2. The maximum absolute atomic E-state index is 6.42. The van der Waals surface area contributed by atoms with Crippen LogP contribution in [0.5, 0.6) is 5.88 Å². The van der Waals surface area contributed by atoms with Gasteiger partial charge >= 0.3 is 0 Å². The molecule has 28 heavy (non-hydrogen) atoms. The number of pyridine rings is 1. The molecular formula is C21H22N4O2S. The van der Waals surface area contributed by atoms with Gasteiger partial charge in [-0.2, -0.15) is 0 Å². The first-order valence-corrected chi connectivity index (χ1v) is 10.4. The van der Waals surface area contributed by atoms with Crippen LogP contribution in [0.15, 0.2) is 42.9 Å². The maximum atomic E-state index is 6.42. The first-order chi connectivity index (χ1) is 13.8. The van der Waals surface area contributed by atoms with Gasteiger partial charge in [0.2, 0.25) is 0 Å². The van der Waals surface area contributed by atoms with Crippen molar-refractivity contribution in [2.24, 2.45) is 0 Å². The molecule has 0 bridgehead atoms. The summed E-state index contributed by atoms with van der Waals surface area (Å²) in [5.41, 5.74) is 2.26. The van der Waals surface area contributed by atoms with E-state index in [0.29, 0.717) is 5.88 Å². The lowest BCUT2D eigenvalue weighted by atomic mass is 9.85. The molecule has 1 spiro atoms. The molecule has 0 unspecified atom stereocenters. The van der Waals surface area contributed by atoms with Gasteiger partial charge in [-0.25, -0.2) is 9.97 Å². The summed E-state index contributed by atoms with van der Waals surface area (Å²) in [5.74, 6) is 1.40. The average molecular weight is 394 g/mol. The van der Waals surface area contributed by atoms with E-state index in [-0.39, 0.29) is 5.60 Å². The molecule has 5 rings (SSSR count). The summed E-state index contributed by atoms with van der Waals surface area (Å²) in [5, 5.41) is 0. The molecule has 0 amide bonds. The van der Waals surface area contributed by atoms with E-state index in [1.807, 2.05) is 29.7 Å². The Kier molecular flexibility index (Phi) is 4.49. The number of piperidine rings is 1. The van der Waals surface area contributed by atoms with E-state index in [1.165, 1.54) is 15.3 Å². The number of thiophene rings is 1. The predicted octanol–water partition coefficient (Wildman–Crippen LogP) is 3.68. The van der Waals surface area contributed by atoms with Crippen LogP contribution in [0, 0.1) is 0 Å². The van der Waals surface area contributed by atoms with Crippen molar-refractivity contribution in [2.75, 3.05) is 31.7 Å². The number of rotatable bonds is 3. The standard InChI is InChI=1S/C21H22N4O2S/c1-26-20-19(23-9-10-24-20)25-11-6-21(7-12-25)18-15(5-13-27-21)14-17(28-18)16-4-2-3-8-22-16/h2-4,8-10,14H,5-7,11-13H2,1H3. The van der Waals surface area contributed by atoms with Crippen LogP contribution in [0.2, 0.25) is 0 Å². The van der Waals surface area contributed by atoms with Crippen LogP contribution in [0.3, 0.4) is 0 Å². The Bertz CT molecular complexity index is 968. The van der Waals surface area contributed by atoms with Crippen molar-refractivity contribution in [3.63, 3.8) is 0 Å². The van der Waals surface area contributed by atoms with Crippen LogP contribution in [-0.4, -0.2) is 41.8 Å². The van der Waals surface area contributed by atoms with Gasteiger partial charge in [-0.3, -0.25) is 4.98 Å². The summed E-state index contributed by atoms with van der Waals surface area (Å²) in [6.07, 6.45) is 8.07. The molecule has 0 saturated carbocycles. The van der Waals surface area contributed by atoms with Crippen molar-refractivity contribution in [1.29, 1.82) is 0 Å². The van der Waals surface area contributed by atoms with Gasteiger partial charge in [0.05, 0.1) is 24.3 Å². The Labute approximate surface area is 168 Å². The first-order valence-electron chi connectivity index (χ1n) is 9.57. The van der Waals surface area contributed by atoms with Crippen LogP contribution in [0.4, 0.5) is 5.82 Å². The van der Waals surface area contributed by atoms with Crippen LogP contribution >= 0.6 is 11.3 Å². The molecule has 3 aromatic heterocycles. The molecule has 2 aliphatic rings. The molecule has 0 N–H and O–H groups in total. The van der Waals surface area contributed by atoms with Crippen molar-refractivity contribution in [3.05, 3.63) is 53.3 Å². The minimum Gasteiger partial charge on any atom is -0.478 e. The fraction of sp³-hybridized carbons (Fsp3) is 0.381. The van der Waals surface area contributed by atoms with Crippen molar-refractivity contribution in [3.8, 4) is 16.5 Å². The molecule has 1 saturated heterocycles. The lowest BCUT2D eigenvalue weighted by Gasteiger charge is -2.44. The summed E-state index contributed by atoms with van der Waals surface area (Å²) in [7, 11) is 1.64. The van der Waals surface area contributed by atoms with E-state index < -0.39 is 0 Å². The zero-order valence-corrected chi connectivity index (χ0v) is 16.6. The first kappa shape index (κ1) is 17.6. The molecule has 144 valence electrons. The number of hydrogen-bond donors (Lipinski definition) is 0. The van der Waals surface area contributed by atoms with Gasteiger partial charge in [0.15, 0.2) is 5.82 Å². The third kappa shape index (κ3) is 2.95. The lowest BCUT2D eigenvalue weighted by molar-refractivity contribution is -0.0736. The Hall–Kier alpha value is -2.51. The van der Waals surface area contributed by atoms with Crippen LogP contribution < -0.4 is 9.64 Å². The van der Waals surface area contributed by atoms with Gasteiger partial charge < -0.3 is 14.4 Å². The molecule has 6 nitrogen and oxygen atoms in total. The highest BCUT2D eigenvalue weighted by Gasteiger charge is 2.43. The molecular weight excluding hydrogens is 372 g/mol. The second-order valence-corrected chi connectivity index (χ2v) is 8.20. The third-order valence-corrected chi connectivity index (χ3v) is 6.99. The number of methoxy groups -OCH3 is 1. The predicted molar refractivity (Wildman–Crippen MR) is 109 cm³/mol. The molecule has 2 aliphatic heterocycles. The molecule has 5 heterocycles. The Balaban J connectivity index is 1.42. The van der Waals surface area contributed by atoms with Crippen LogP contribution in [0.1, 0.15) is 23.3 Å². The topological polar surface area (TPSA) is 60.4 Å². The fourth-order valence-electron chi connectivity index (χ4n) is 4.19. The average Bonchev–Trinajstić information content (AvgIpc) is 3.21. The molecule has 3 aromatic rings. The second kappa shape index (κ2) is 7.14. The number of anilines is 1. The van der Waals surface area contributed by atoms with Crippen molar-refractivity contribution >= 4 is 17.2 Å². The van der Waals surface area contributed by atoms with Gasteiger partial charge in [0.1, 0.15) is 5.60 Å². The fourth-order valence-corrected chi connectivity index (χ4v) is 5.57. The number of hydrogen-bond acceptors (Lipinski definition) is 7. The van der Waals surface area contributed by atoms with Gasteiger partial charge in [-0.1, -0.05) is 6.07 Å². The van der Waals surface area contributed by atoms with E-state index in [1.54, 1.807) is 19.5 Å². The van der Waals surface area contributed by atoms with Gasteiger partial charge in [-0.15, -0.1) is 11.3 Å². The SMILES string of the molecule is COc1nccnc1N1CCC2(CC1)OCCc1cc(-c3ccccn3)sc12. The highest BCUT2D eigenvalue weighted by molar-refractivity contribution is 7.15. The highest BCUT2D eigenvalue weighted by Crippen LogP contribution is 2.47. The summed E-state index contributed by atoms with van der Waals surface area (Å²) >= 11 is 1.84. The number of nitrogens with zero attached hydrogens (tertiary/aromatic N) is 4. The molecule has 7 heteroatoms. The monoisotopic (exact) mass is 394 g/mol. The van der Waals surface area contributed by atoms with E-state index in [0.717, 1.165) is 50.5 Å². The third-order valence-electron chi connectivity index (χ3n) is 5.60. The van der Waals surface area contributed by atoms with Gasteiger partial charge in [0.25, 0.3) is 5.88 Å². The number of aromatic nitrogens is 3. The molecule has 0 atom stereocenters. The van der Waals surface area contributed by atoms with Crippen LogP contribution in [0.25, 0.3) is 10.6 Å². The summed E-state index contributed by atoms with van der Waals surface area (Å²) in [6.45, 7) is 2.51. The summed E-state index contributed by atoms with van der Waals surface area (Å²) in [6, 6.07) is 8.39. The zero-order valence-electron chi connectivity index (χ0n) is 15.8.